The Labute approximate surface area is 173 Å². The van der Waals surface area contributed by atoms with E-state index >= 15 is 0 Å². The molecule has 0 saturated heterocycles. The lowest BCUT2D eigenvalue weighted by Gasteiger charge is -2.11. The van der Waals surface area contributed by atoms with Crippen molar-refractivity contribution in [2.24, 2.45) is 0 Å². The lowest BCUT2D eigenvalue weighted by atomic mass is 9.99. The first-order chi connectivity index (χ1) is 14.6. The Hall–Kier alpha value is -3.67. The molecule has 0 aliphatic heterocycles. The first kappa shape index (κ1) is 19.6. The number of carboxylic acid groups (broad SMARTS) is 1. The van der Waals surface area contributed by atoms with Gasteiger partial charge in [0.05, 0.1) is 12.1 Å². The molecule has 6 nitrogen and oxygen atoms in total. The predicted octanol–water partition coefficient (Wildman–Crippen LogP) is 4.48. The largest absolute Gasteiger partial charge is 0.478 e. The number of hydrogen-bond acceptors (Lipinski definition) is 3. The third kappa shape index (κ3) is 3.89. The summed E-state index contributed by atoms with van der Waals surface area (Å²) in [5, 5.41) is 9.44. The Morgan fingerprint density at radius 1 is 1.07 bits per heavy atom. The number of aromatic carboxylic acids is 1. The van der Waals surface area contributed by atoms with Crippen LogP contribution in [0.25, 0.3) is 22.3 Å². The summed E-state index contributed by atoms with van der Waals surface area (Å²) >= 11 is 0. The fourth-order valence-corrected chi connectivity index (χ4v) is 3.67. The summed E-state index contributed by atoms with van der Waals surface area (Å²) in [6.07, 6.45) is 2.94. The number of unbranched alkanes of at least 4 members (excludes halogenated alkanes) is 1. The highest BCUT2D eigenvalue weighted by molar-refractivity contribution is 5.96. The van der Waals surface area contributed by atoms with Crippen LogP contribution >= 0.6 is 0 Å². The molecule has 0 saturated carbocycles. The number of carboxylic acids is 1. The van der Waals surface area contributed by atoms with Gasteiger partial charge in [-0.1, -0.05) is 55.8 Å². The van der Waals surface area contributed by atoms with Crippen molar-refractivity contribution in [3.63, 3.8) is 0 Å². The molecule has 0 unspecified atom stereocenters. The SMILES string of the molecule is CCCCc1nc2ccc(=O)[nH]c2n1Cc1ccc(-c2ccccc2C(=O)O)cc1. The molecule has 0 atom stereocenters. The second kappa shape index (κ2) is 8.37. The van der Waals surface area contributed by atoms with Gasteiger partial charge in [0.15, 0.2) is 0 Å². The van der Waals surface area contributed by atoms with Crippen molar-refractivity contribution < 1.29 is 9.90 Å². The lowest BCUT2D eigenvalue weighted by Crippen LogP contribution is -2.09. The lowest BCUT2D eigenvalue weighted by molar-refractivity contribution is 0.0697. The number of pyridine rings is 1. The van der Waals surface area contributed by atoms with Crippen molar-refractivity contribution in [3.05, 3.63) is 88.0 Å². The summed E-state index contributed by atoms with van der Waals surface area (Å²) in [6, 6.07) is 18.1. The van der Waals surface area contributed by atoms with Crippen molar-refractivity contribution in [1.82, 2.24) is 14.5 Å². The number of aromatic nitrogens is 3. The minimum atomic E-state index is -0.941. The molecule has 2 aromatic carbocycles. The van der Waals surface area contributed by atoms with Gasteiger partial charge in [0.1, 0.15) is 17.0 Å². The first-order valence-electron chi connectivity index (χ1n) is 10.1. The highest BCUT2D eigenvalue weighted by Gasteiger charge is 2.13. The summed E-state index contributed by atoms with van der Waals surface area (Å²) < 4.78 is 2.06. The Morgan fingerprint density at radius 2 is 1.83 bits per heavy atom. The molecule has 30 heavy (non-hydrogen) atoms. The van der Waals surface area contributed by atoms with Gasteiger partial charge in [-0.3, -0.25) is 4.79 Å². The molecule has 2 N–H and O–H groups in total. The number of aryl methyl sites for hydroxylation is 1. The molecule has 0 radical (unpaired) electrons. The smallest absolute Gasteiger partial charge is 0.336 e. The maximum absolute atomic E-state index is 11.9. The monoisotopic (exact) mass is 401 g/mol. The number of carbonyl (C=O) groups is 1. The van der Waals surface area contributed by atoms with Crippen molar-refractivity contribution in [3.8, 4) is 11.1 Å². The van der Waals surface area contributed by atoms with E-state index in [0.717, 1.165) is 47.4 Å². The summed E-state index contributed by atoms with van der Waals surface area (Å²) in [5.74, 6) is 0.0121. The summed E-state index contributed by atoms with van der Waals surface area (Å²) in [5.41, 5.74) is 4.25. The molecule has 152 valence electrons. The van der Waals surface area contributed by atoms with Gasteiger partial charge in [-0.2, -0.15) is 0 Å². The summed E-state index contributed by atoms with van der Waals surface area (Å²) in [6.45, 7) is 2.72. The topological polar surface area (TPSA) is 88.0 Å². The zero-order valence-electron chi connectivity index (χ0n) is 16.8. The number of nitrogens with zero attached hydrogens (tertiary/aromatic N) is 2. The van der Waals surface area contributed by atoms with Gasteiger partial charge >= 0.3 is 5.97 Å². The second-order valence-corrected chi connectivity index (χ2v) is 7.32. The minimum Gasteiger partial charge on any atom is -0.478 e. The molecule has 0 spiro atoms. The third-order valence-corrected chi connectivity index (χ3v) is 5.22. The number of hydrogen-bond donors (Lipinski definition) is 2. The van der Waals surface area contributed by atoms with Crippen molar-refractivity contribution >= 4 is 17.1 Å². The van der Waals surface area contributed by atoms with Gasteiger partial charge in [0.25, 0.3) is 0 Å². The van der Waals surface area contributed by atoms with E-state index in [1.54, 1.807) is 18.2 Å². The van der Waals surface area contributed by atoms with Crippen LogP contribution < -0.4 is 5.56 Å². The number of H-pyrrole nitrogens is 1. The Balaban J connectivity index is 1.69. The van der Waals surface area contributed by atoms with E-state index in [9.17, 15) is 14.7 Å². The van der Waals surface area contributed by atoms with Gasteiger partial charge in [0, 0.05) is 12.5 Å². The number of rotatable bonds is 7. The van der Waals surface area contributed by atoms with Gasteiger partial charge in [-0.05, 0) is 35.2 Å². The zero-order chi connectivity index (χ0) is 21.1. The number of benzene rings is 2. The van der Waals surface area contributed by atoms with Crippen molar-refractivity contribution in [2.45, 2.75) is 32.7 Å². The van der Waals surface area contributed by atoms with E-state index in [1.165, 1.54) is 6.07 Å². The van der Waals surface area contributed by atoms with E-state index in [0.29, 0.717) is 12.1 Å². The van der Waals surface area contributed by atoms with Crippen LogP contribution in [0.15, 0.2) is 65.5 Å². The highest BCUT2D eigenvalue weighted by atomic mass is 16.4. The van der Waals surface area contributed by atoms with Crippen molar-refractivity contribution in [1.29, 1.82) is 0 Å². The molecule has 0 aliphatic rings. The standard InChI is InChI=1S/C24H23N3O3/c1-2-3-8-21-25-20-13-14-22(28)26-23(20)27(21)15-16-9-11-17(12-10-16)18-6-4-5-7-19(18)24(29)30/h4-7,9-14H,2-3,8,15H2,1H3,(H,26,28)(H,29,30). The van der Waals surface area contributed by atoms with Crippen LogP contribution in [-0.4, -0.2) is 25.6 Å². The van der Waals surface area contributed by atoms with E-state index in [1.807, 2.05) is 36.4 Å². The predicted molar refractivity (Wildman–Crippen MR) is 117 cm³/mol. The molecule has 0 bridgehead atoms. The molecular formula is C24H23N3O3. The molecule has 4 rings (SSSR count). The van der Waals surface area contributed by atoms with Crippen molar-refractivity contribution in [2.75, 3.05) is 0 Å². The molecule has 0 fully saturated rings. The van der Waals surface area contributed by atoms with Crippen LogP contribution in [0, 0.1) is 0 Å². The number of aromatic amines is 1. The maximum Gasteiger partial charge on any atom is 0.336 e. The van der Waals surface area contributed by atoms with Crippen LogP contribution in [0.4, 0.5) is 0 Å². The van der Waals surface area contributed by atoms with E-state index in [2.05, 4.69) is 16.5 Å². The van der Waals surface area contributed by atoms with Crippen LogP contribution in [0.1, 0.15) is 41.5 Å². The van der Waals surface area contributed by atoms with Gasteiger partial charge in [-0.15, -0.1) is 0 Å². The number of fused-ring (bicyclic) bond motifs is 1. The molecular weight excluding hydrogens is 378 g/mol. The number of nitrogens with one attached hydrogen (secondary N) is 1. The Kier molecular flexibility index (Phi) is 5.48. The van der Waals surface area contributed by atoms with E-state index < -0.39 is 5.97 Å². The normalized spacial score (nSPS) is 11.1. The van der Waals surface area contributed by atoms with Gasteiger partial charge < -0.3 is 14.7 Å². The average Bonchev–Trinajstić information content (AvgIpc) is 3.09. The fraction of sp³-hybridized carbons (Fsp3) is 0.208. The van der Waals surface area contributed by atoms with Crippen LogP contribution in [0.5, 0.6) is 0 Å². The quantitative estimate of drug-likeness (QED) is 0.478. The first-order valence-corrected chi connectivity index (χ1v) is 10.1. The Bertz CT molecular complexity index is 1250. The van der Waals surface area contributed by atoms with E-state index in [-0.39, 0.29) is 11.1 Å². The van der Waals surface area contributed by atoms with Crippen LogP contribution in [-0.2, 0) is 13.0 Å². The molecule has 4 aromatic rings. The maximum atomic E-state index is 11.9. The molecule has 2 heterocycles. The summed E-state index contributed by atoms with van der Waals surface area (Å²) in [4.78, 5) is 31.0. The zero-order valence-corrected chi connectivity index (χ0v) is 16.8. The molecule has 6 heteroatoms. The second-order valence-electron chi connectivity index (χ2n) is 7.32. The van der Waals surface area contributed by atoms with E-state index in [4.69, 9.17) is 4.98 Å². The van der Waals surface area contributed by atoms with Gasteiger partial charge in [-0.25, -0.2) is 9.78 Å². The number of imidazole rings is 1. The fourth-order valence-electron chi connectivity index (χ4n) is 3.67. The third-order valence-electron chi connectivity index (χ3n) is 5.22. The minimum absolute atomic E-state index is 0.147. The average molecular weight is 401 g/mol. The van der Waals surface area contributed by atoms with Crippen LogP contribution in [0.3, 0.4) is 0 Å². The Morgan fingerprint density at radius 3 is 2.57 bits per heavy atom. The molecule has 2 aromatic heterocycles. The van der Waals surface area contributed by atoms with Crippen LogP contribution in [0.2, 0.25) is 0 Å². The molecule has 0 aliphatic carbocycles. The summed E-state index contributed by atoms with van der Waals surface area (Å²) in [7, 11) is 0. The van der Waals surface area contributed by atoms with Gasteiger partial charge in [0.2, 0.25) is 5.56 Å². The highest BCUT2D eigenvalue weighted by Crippen LogP contribution is 2.25. The molecule has 0 amide bonds.